The minimum absolute atomic E-state index is 0.644. The van der Waals surface area contributed by atoms with Gasteiger partial charge in [0.05, 0.1) is 16.8 Å². The van der Waals surface area contributed by atoms with Crippen molar-refractivity contribution in [1.29, 1.82) is 0 Å². The van der Waals surface area contributed by atoms with Gasteiger partial charge in [-0.1, -0.05) is 109 Å². The molecule has 0 aromatic heterocycles. The Morgan fingerprint density at radius 1 is 0.250 bits per heavy atom. The van der Waals surface area contributed by atoms with E-state index in [1.54, 1.807) is 0 Å². The van der Waals surface area contributed by atoms with E-state index in [0.29, 0.717) is 11.5 Å². The summed E-state index contributed by atoms with van der Waals surface area (Å²) >= 11 is 0. The van der Waals surface area contributed by atoms with Crippen molar-refractivity contribution in [3.8, 4) is 23.0 Å². The van der Waals surface area contributed by atoms with Gasteiger partial charge in [0.15, 0.2) is 11.5 Å². The second kappa shape index (κ2) is 12.4. The van der Waals surface area contributed by atoms with Gasteiger partial charge in [-0.05, 0) is 99.7 Å². The van der Waals surface area contributed by atoms with Gasteiger partial charge in [-0.15, -0.1) is 0 Å². The third-order valence-corrected chi connectivity index (χ3v) is 9.78. The fourth-order valence-corrected chi connectivity index (χ4v) is 7.35. The molecule has 0 saturated carbocycles. The van der Waals surface area contributed by atoms with E-state index in [2.05, 4.69) is 174 Å². The maximum absolute atomic E-state index is 6.96. The molecule has 246 valence electrons. The monoisotopic (exact) mass is 668 g/mol. The molecule has 4 heteroatoms. The average Bonchev–Trinajstić information content (AvgIpc) is 3.36. The Morgan fingerprint density at radius 3 is 1.35 bits per heavy atom. The van der Waals surface area contributed by atoms with Gasteiger partial charge in [-0.3, -0.25) is 0 Å². The highest BCUT2D eigenvalue weighted by Crippen LogP contribution is 2.50. The van der Waals surface area contributed by atoms with Gasteiger partial charge in [-0.25, -0.2) is 0 Å². The van der Waals surface area contributed by atoms with Crippen LogP contribution in [0.3, 0.4) is 0 Å². The number of hydrogen-bond acceptors (Lipinski definition) is 4. The van der Waals surface area contributed by atoms with Crippen LogP contribution in [0.15, 0.2) is 194 Å². The molecule has 0 amide bonds. The van der Waals surface area contributed by atoms with E-state index in [4.69, 9.17) is 9.47 Å². The molecule has 0 radical (unpaired) electrons. The topological polar surface area (TPSA) is 24.9 Å². The van der Waals surface area contributed by atoms with E-state index in [1.807, 2.05) is 30.3 Å². The van der Waals surface area contributed by atoms with E-state index < -0.39 is 0 Å². The standard InChI is InChI=1S/C48H32N2O2/c1-3-17-38(18-4-1)49(40-24-22-33-12-7-9-14-35(33)28-40)42-26-27-44-46(31-42)52-47-32-43(30-37-16-11-21-45(51-44)48(37)47)50(39-19-5-2-6-20-39)41-25-23-34-13-8-10-15-36(34)29-41/h1-32H. The molecule has 0 N–H and O–H groups in total. The summed E-state index contributed by atoms with van der Waals surface area (Å²) in [5.41, 5.74) is 6.18. The number of hydrogen-bond donors (Lipinski definition) is 0. The first-order valence-electron chi connectivity index (χ1n) is 17.5. The third kappa shape index (κ3) is 5.26. The van der Waals surface area contributed by atoms with E-state index in [0.717, 1.165) is 56.4 Å². The molecule has 4 nitrogen and oxygen atoms in total. The molecule has 0 atom stereocenters. The predicted octanol–water partition coefficient (Wildman–Crippen LogP) is 14.0. The summed E-state index contributed by atoms with van der Waals surface area (Å²) in [4.78, 5) is 4.55. The van der Waals surface area contributed by atoms with Crippen molar-refractivity contribution in [2.45, 2.75) is 0 Å². The van der Waals surface area contributed by atoms with Gasteiger partial charge >= 0.3 is 0 Å². The summed E-state index contributed by atoms with van der Waals surface area (Å²) in [6.07, 6.45) is 0. The zero-order valence-electron chi connectivity index (χ0n) is 28.2. The van der Waals surface area contributed by atoms with Crippen LogP contribution in [0.1, 0.15) is 0 Å². The Balaban J connectivity index is 1.12. The lowest BCUT2D eigenvalue weighted by molar-refractivity contribution is 0.439. The van der Waals surface area contributed by atoms with Crippen molar-refractivity contribution in [3.63, 3.8) is 0 Å². The fourth-order valence-electron chi connectivity index (χ4n) is 7.35. The first-order chi connectivity index (χ1) is 25.7. The lowest BCUT2D eigenvalue weighted by Crippen LogP contribution is -2.10. The molecule has 0 spiro atoms. The molecule has 10 rings (SSSR count). The van der Waals surface area contributed by atoms with Crippen molar-refractivity contribution in [2.24, 2.45) is 0 Å². The molecule has 0 saturated heterocycles. The smallest absolute Gasteiger partial charge is 0.172 e. The van der Waals surface area contributed by atoms with Crippen LogP contribution >= 0.6 is 0 Å². The summed E-state index contributed by atoms with van der Waals surface area (Å²) in [5.74, 6) is 2.80. The Labute approximate surface area is 302 Å². The van der Waals surface area contributed by atoms with Gasteiger partial charge in [0.25, 0.3) is 0 Å². The third-order valence-electron chi connectivity index (χ3n) is 9.78. The summed E-state index contributed by atoms with van der Waals surface area (Å²) < 4.78 is 13.6. The lowest BCUT2D eigenvalue weighted by atomic mass is 10.0. The van der Waals surface area contributed by atoms with Crippen LogP contribution in [0.25, 0.3) is 32.3 Å². The van der Waals surface area contributed by atoms with Crippen molar-refractivity contribution in [2.75, 3.05) is 9.80 Å². The first kappa shape index (κ1) is 29.8. The molecule has 0 aliphatic carbocycles. The molecule has 0 bridgehead atoms. The Bertz CT molecular complexity index is 2760. The number of rotatable bonds is 6. The van der Waals surface area contributed by atoms with Gasteiger partial charge in [0.1, 0.15) is 11.5 Å². The molecule has 52 heavy (non-hydrogen) atoms. The lowest BCUT2D eigenvalue weighted by Gasteiger charge is -2.27. The Kier molecular flexibility index (Phi) is 7.10. The number of benzene rings is 9. The van der Waals surface area contributed by atoms with Gasteiger partial charge in [-0.2, -0.15) is 0 Å². The van der Waals surface area contributed by atoms with Gasteiger partial charge in [0.2, 0.25) is 0 Å². The molecule has 9 aromatic rings. The summed E-state index contributed by atoms with van der Waals surface area (Å²) in [6, 6.07) is 67.8. The van der Waals surface area contributed by atoms with E-state index in [1.165, 1.54) is 21.5 Å². The van der Waals surface area contributed by atoms with Crippen molar-refractivity contribution >= 4 is 66.4 Å². The molecule has 9 aromatic carbocycles. The van der Waals surface area contributed by atoms with Crippen LogP contribution in [-0.2, 0) is 0 Å². The van der Waals surface area contributed by atoms with Crippen molar-refractivity contribution in [3.05, 3.63) is 194 Å². The number of nitrogens with zero attached hydrogens (tertiary/aromatic N) is 2. The zero-order chi connectivity index (χ0) is 34.4. The highest BCUT2D eigenvalue weighted by atomic mass is 16.5. The fraction of sp³-hybridized carbons (Fsp3) is 0. The molecule has 1 heterocycles. The molecular weight excluding hydrogens is 637 g/mol. The molecule has 1 aliphatic rings. The minimum atomic E-state index is 0.644. The number of para-hydroxylation sites is 2. The normalized spacial score (nSPS) is 11.8. The quantitative estimate of drug-likeness (QED) is 0.176. The molecular formula is C48H32N2O2. The number of anilines is 6. The van der Waals surface area contributed by atoms with Crippen LogP contribution in [-0.4, -0.2) is 0 Å². The van der Waals surface area contributed by atoms with Crippen LogP contribution in [0.2, 0.25) is 0 Å². The van der Waals surface area contributed by atoms with Crippen LogP contribution < -0.4 is 19.3 Å². The average molecular weight is 669 g/mol. The second-order valence-electron chi connectivity index (χ2n) is 13.0. The zero-order valence-corrected chi connectivity index (χ0v) is 28.2. The van der Waals surface area contributed by atoms with Gasteiger partial charge < -0.3 is 19.3 Å². The highest BCUT2D eigenvalue weighted by Gasteiger charge is 2.24. The summed E-state index contributed by atoms with van der Waals surface area (Å²) in [5, 5.41) is 6.73. The molecule has 0 unspecified atom stereocenters. The predicted molar refractivity (Wildman–Crippen MR) is 215 cm³/mol. The summed E-state index contributed by atoms with van der Waals surface area (Å²) in [6.45, 7) is 0. The largest absolute Gasteiger partial charge is 0.453 e. The van der Waals surface area contributed by atoms with E-state index in [9.17, 15) is 0 Å². The van der Waals surface area contributed by atoms with Crippen LogP contribution in [0.5, 0.6) is 23.0 Å². The van der Waals surface area contributed by atoms with Crippen molar-refractivity contribution in [1.82, 2.24) is 0 Å². The number of fused-ring (bicyclic) bond motifs is 3. The maximum atomic E-state index is 6.96. The number of ether oxygens (including phenoxy) is 2. The Morgan fingerprint density at radius 2 is 0.712 bits per heavy atom. The van der Waals surface area contributed by atoms with Crippen LogP contribution in [0, 0.1) is 0 Å². The summed E-state index contributed by atoms with van der Waals surface area (Å²) in [7, 11) is 0. The maximum Gasteiger partial charge on any atom is 0.172 e. The van der Waals surface area contributed by atoms with E-state index >= 15 is 0 Å². The molecule has 1 aliphatic heterocycles. The first-order valence-corrected chi connectivity index (χ1v) is 17.5. The van der Waals surface area contributed by atoms with Gasteiger partial charge in [0, 0.05) is 34.9 Å². The molecule has 0 fully saturated rings. The SMILES string of the molecule is c1ccc(N(c2ccc3c(c2)Oc2cc(N(c4ccccc4)c4ccc5ccccc5c4)cc4cccc(c24)O3)c2ccc3ccccc3c2)cc1. The van der Waals surface area contributed by atoms with Crippen molar-refractivity contribution < 1.29 is 9.47 Å². The highest BCUT2D eigenvalue weighted by molar-refractivity contribution is 6.00. The second-order valence-corrected chi connectivity index (χ2v) is 13.0. The van der Waals surface area contributed by atoms with E-state index in [-0.39, 0.29) is 0 Å². The Hall–Kier alpha value is -7.04. The minimum Gasteiger partial charge on any atom is -0.453 e. The van der Waals surface area contributed by atoms with Crippen LogP contribution in [0.4, 0.5) is 34.1 Å².